The first kappa shape index (κ1) is 12.3. The molecule has 0 amide bonds. The lowest BCUT2D eigenvalue weighted by atomic mass is 10.2. The van der Waals surface area contributed by atoms with E-state index in [4.69, 9.17) is 5.26 Å². The molecule has 2 aromatic rings. The zero-order valence-corrected chi connectivity index (χ0v) is 10.2. The van der Waals surface area contributed by atoms with Crippen molar-refractivity contribution in [2.24, 2.45) is 5.92 Å². The summed E-state index contributed by atoms with van der Waals surface area (Å²) in [7, 11) is 0. The molecule has 0 radical (unpaired) electrons. The van der Waals surface area contributed by atoms with Crippen LogP contribution in [0.2, 0.25) is 0 Å². The van der Waals surface area contributed by atoms with Gasteiger partial charge in [-0.1, -0.05) is 18.2 Å². The van der Waals surface area contributed by atoms with Crippen LogP contribution in [0.5, 0.6) is 0 Å². The minimum Gasteiger partial charge on any atom is -0.310 e. The van der Waals surface area contributed by atoms with Crippen LogP contribution in [0.4, 0.5) is 0 Å². The molecule has 1 atom stereocenters. The lowest BCUT2D eigenvalue weighted by Crippen LogP contribution is -2.20. The van der Waals surface area contributed by atoms with Crippen LogP contribution in [0.1, 0.15) is 12.6 Å². The molecule has 1 N–H and O–H groups in total. The number of hydrogen-bond acceptors (Lipinski definition) is 4. The molecule has 1 aromatic heterocycles. The van der Waals surface area contributed by atoms with Gasteiger partial charge in [0, 0.05) is 13.1 Å². The molecular formula is C13H15N5. The Balaban J connectivity index is 1.93. The quantitative estimate of drug-likeness (QED) is 0.861. The van der Waals surface area contributed by atoms with Crippen LogP contribution in [0, 0.1) is 17.2 Å². The van der Waals surface area contributed by atoms with Crippen molar-refractivity contribution < 1.29 is 0 Å². The Hall–Kier alpha value is -2.19. The largest absolute Gasteiger partial charge is 0.310 e. The smallest absolute Gasteiger partial charge is 0.0969 e. The van der Waals surface area contributed by atoms with Gasteiger partial charge >= 0.3 is 0 Å². The molecule has 1 aromatic carbocycles. The van der Waals surface area contributed by atoms with E-state index in [-0.39, 0.29) is 5.92 Å². The summed E-state index contributed by atoms with van der Waals surface area (Å²) in [6, 6.07) is 11.9. The Labute approximate surface area is 106 Å². The van der Waals surface area contributed by atoms with Gasteiger partial charge in [0.05, 0.1) is 29.6 Å². The Bertz CT molecular complexity index is 526. The highest BCUT2D eigenvalue weighted by molar-refractivity contribution is 5.28. The van der Waals surface area contributed by atoms with Crippen molar-refractivity contribution in [3.63, 3.8) is 0 Å². The molecule has 5 nitrogen and oxygen atoms in total. The van der Waals surface area contributed by atoms with Gasteiger partial charge in [-0.05, 0) is 19.1 Å². The van der Waals surface area contributed by atoms with E-state index in [1.165, 1.54) is 0 Å². The van der Waals surface area contributed by atoms with Crippen molar-refractivity contribution in [1.29, 1.82) is 5.26 Å². The summed E-state index contributed by atoms with van der Waals surface area (Å²) in [6.07, 6.45) is 1.73. The Morgan fingerprint density at radius 2 is 2.17 bits per heavy atom. The highest BCUT2D eigenvalue weighted by atomic mass is 15.5. The summed E-state index contributed by atoms with van der Waals surface area (Å²) in [5.41, 5.74) is 1.80. The predicted molar refractivity (Wildman–Crippen MR) is 67.8 cm³/mol. The van der Waals surface area contributed by atoms with Crippen LogP contribution in [0.15, 0.2) is 36.5 Å². The second kappa shape index (κ2) is 5.94. The minimum absolute atomic E-state index is 0.00849. The first-order valence-corrected chi connectivity index (χ1v) is 5.86. The molecule has 0 aliphatic carbocycles. The highest BCUT2D eigenvalue weighted by Gasteiger charge is 2.03. The third-order valence-corrected chi connectivity index (χ3v) is 2.50. The number of rotatable bonds is 5. The van der Waals surface area contributed by atoms with Crippen LogP contribution >= 0.6 is 0 Å². The van der Waals surface area contributed by atoms with E-state index in [2.05, 4.69) is 21.6 Å². The lowest BCUT2D eigenvalue weighted by Gasteiger charge is -2.02. The number of nitriles is 1. The molecule has 0 saturated heterocycles. The maximum Gasteiger partial charge on any atom is 0.0969 e. The monoisotopic (exact) mass is 241 g/mol. The molecular weight excluding hydrogens is 226 g/mol. The zero-order valence-electron chi connectivity index (χ0n) is 10.2. The second-order valence-corrected chi connectivity index (χ2v) is 4.12. The highest BCUT2D eigenvalue weighted by Crippen LogP contribution is 2.04. The van der Waals surface area contributed by atoms with E-state index in [0.29, 0.717) is 13.1 Å². The van der Waals surface area contributed by atoms with Crippen molar-refractivity contribution in [2.75, 3.05) is 6.54 Å². The molecule has 1 unspecified atom stereocenters. The summed E-state index contributed by atoms with van der Waals surface area (Å²) >= 11 is 0. The molecule has 0 spiro atoms. The number of nitrogens with zero attached hydrogens (tertiary/aromatic N) is 4. The minimum atomic E-state index is 0.00849. The lowest BCUT2D eigenvalue weighted by molar-refractivity contribution is 0.591. The molecule has 0 saturated carbocycles. The van der Waals surface area contributed by atoms with Gasteiger partial charge in [-0.2, -0.15) is 20.3 Å². The maximum atomic E-state index is 8.66. The van der Waals surface area contributed by atoms with Crippen molar-refractivity contribution >= 4 is 0 Å². The summed E-state index contributed by atoms with van der Waals surface area (Å²) < 4.78 is 0. The van der Waals surface area contributed by atoms with E-state index in [1.807, 2.05) is 37.3 Å². The Kier molecular flexibility index (Phi) is 4.05. The van der Waals surface area contributed by atoms with Crippen LogP contribution in [0.3, 0.4) is 0 Å². The van der Waals surface area contributed by atoms with Crippen molar-refractivity contribution in [2.45, 2.75) is 13.5 Å². The van der Waals surface area contributed by atoms with E-state index in [9.17, 15) is 0 Å². The molecule has 0 fully saturated rings. The van der Waals surface area contributed by atoms with Crippen LogP contribution in [-0.4, -0.2) is 21.5 Å². The SMILES string of the molecule is CC(C#N)CNCc1cnn(-c2ccccc2)n1. The summed E-state index contributed by atoms with van der Waals surface area (Å²) in [5.74, 6) is 0.00849. The molecule has 2 rings (SSSR count). The summed E-state index contributed by atoms with van der Waals surface area (Å²) in [5, 5.41) is 20.4. The van der Waals surface area contributed by atoms with Gasteiger partial charge in [0.25, 0.3) is 0 Å². The van der Waals surface area contributed by atoms with Gasteiger partial charge in [-0.3, -0.25) is 0 Å². The van der Waals surface area contributed by atoms with Crippen LogP contribution < -0.4 is 5.32 Å². The molecule has 0 bridgehead atoms. The molecule has 18 heavy (non-hydrogen) atoms. The van der Waals surface area contributed by atoms with E-state index < -0.39 is 0 Å². The third kappa shape index (κ3) is 3.15. The summed E-state index contributed by atoms with van der Waals surface area (Å²) in [6.45, 7) is 3.17. The zero-order chi connectivity index (χ0) is 12.8. The van der Waals surface area contributed by atoms with E-state index in [1.54, 1.807) is 11.0 Å². The average Bonchev–Trinajstić information content (AvgIpc) is 2.88. The number of nitrogens with one attached hydrogen (secondary N) is 1. The normalized spacial score (nSPS) is 12.0. The van der Waals surface area contributed by atoms with Gasteiger partial charge < -0.3 is 5.32 Å². The average molecular weight is 241 g/mol. The van der Waals surface area contributed by atoms with E-state index in [0.717, 1.165) is 11.4 Å². The number of para-hydroxylation sites is 1. The maximum absolute atomic E-state index is 8.66. The first-order chi connectivity index (χ1) is 8.79. The predicted octanol–water partition coefficient (Wildman–Crippen LogP) is 1.52. The van der Waals surface area contributed by atoms with Crippen molar-refractivity contribution in [3.8, 4) is 11.8 Å². The molecule has 92 valence electrons. The van der Waals surface area contributed by atoms with Crippen LogP contribution in [-0.2, 0) is 6.54 Å². The van der Waals surface area contributed by atoms with Gasteiger partial charge in [-0.25, -0.2) is 0 Å². The number of benzene rings is 1. The molecule has 0 aliphatic rings. The number of aromatic nitrogens is 3. The standard InChI is InChI=1S/C13H15N5/c1-11(7-14)8-15-9-12-10-16-18(17-12)13-5-3-2-4-6-13/h2-6,10-11,15H,8-9H2,1H3. The Morgan fingerprint density at radius 1 is 1.39 bits per heavy atom. The van der Waals surface area contributed by atoms with Gasteiger partial charge in [-0.15, -0.1) is 0 Å². The molecule has 5 heteroatoms. The third-order valence-electron chi connectivity index (χ3n) is 2.50. The van der Waals surface area contributed by atoms with Gasteiger partial charge in [0.2, 0.25) is 0 Å². The first-order valence-electron chi connectivity index (χ1n) is 5.86. The number of hydrogen-bond donors (Lipinski definition) is 1. The topological polar surface area (TPSA) is 66.5 Å². The second-order valence-electron chi connectivity index (χ2n) is 4.12. The van der Waals surface area contributed by atoms with E-state index >= 15 is 0 Å². The fourth-order valence-electron chi connectivity index (χ4n) is 1.52. The summed E-state index contributed by atoms with van der Waals surface area (Å²) in [4.78, 5) is 1.60. The fourth-order valence-corrected chi connectivity index (χ4v) is 1.52. The Morgan fingerprint density at radius 3 is 2.89 bits per heavy atom. The van der Waals surface area contributed by atoms with Crippen molar-refractivity contribution in [1.82, 2.24) is 20.3 Å². The van der Waals surface area contributed by atoms with Gasteiger partial charge in [0.15, 0.2) is 0 Å². The van der Waals surface area contributed by atoms with Crippen LogP contribution in [0.25, 0.3) is 5.69 Å². The van der Waals surface area contributed by atoms with Crippen molar-refractivity contribution in [3.05, 3.63) is 42.2 Å². The van der Waals surface area contributed by atoms with Gasteiger partial charge in [0.1, 0.15) is 0 Å². The molecule has 0 aliphatic heterocycles. The molecule has 1 heterocycles. The fraction of sp³-hybridized carbons (Fsp3) is 0.308.